The van der Waals surface area contributed by atoms with E-state index in [0.717, 1.165) is 17.1 Å². The van der Waals surface area contributed by atoms with Crippen LogP contribution in [0.25, 0.3) is 33.8 Å². The molecule has 0 aliphatic heterocycles. The monoisotopic (exact) mass is 714 g/mol. The number of hydrogen-bond acceptors (Lipinski definition) is 3. The van der Waals surface area contributed by atoms with Gasteiger partial charge < -0.3 is 13.8 Å². The van der Waals surface area contributed by atoms with E-state index >= 15 is 0 Å². The van der Waals surface area contributed by atoms with Gasteiger partial charge in [0, 0.05) is 16.7 Å². The molecule has 50 heavy (non-hydrogen) atoms. The SMILES string of the molecule is C=CCCCC.Cc1cc(C)c(-c2ccn([BH-](n3ccc(-c4c(C)cc(C)cc4C)n3)n3ccc(-c4c(C)cc(C)cc4C)n3)n2)c(C)c1.[Cu+]. The van der Waals surface area contributed by atoms with E-state index in [4.69, 9.17) is 15.3 Å². The number of aryl methyl sites for hydroxylation is 9. The van der Waals surface area contributed by atoms with Crippen LogP contribution in [0.15, 0.2) is 85.8 Å². The Balaban J connectivity index is 0.000000739. The Bertz CT molecular complexity index is 1800. The largest absolute Gasteiger partial charge is 1.00 e. The minimum absolute atomic E-state index is 0. The zero-order chi connectivity index (χ0) is 35.4. The molecule has 0 fully saturated rings. The van der Waals surface area contributed by atoms with Crippen molar-refractivity contribution in [1.82, 2.24) is 29.1 Å². The molecule has 0 saturated carbocycles. The normalized spacial score (nSPS) is 10.9. The standard InChI is InChI=1S/C36H40BN6.C6H12.Cu/c1-22-16-25(4)34(26(5)17-22)31-10-13-41(38-31)37(42-14-11-32(39-42)35-27(6)18-23(2)19-28(35)7)43-15-12-33(40-43)36-29(8)20-24(3)21-30(36)9;1-3-5-6-4-2;/h10-21,37H,1-9H3;3H,1,4-6H2,2H3;/q-1;;+1. The van der Waals surface area contributed by atoms with Crippen molar-refractivity contribution in [2.24, 2.45) is 0 Å². The number of unbranched alkanes of at least 4 members (excludes halogenated alkanes) is 2. The molecule has 0 atom stereocenters. The molecule has 6 rings (SSSR count). The minimum atomic E-state index is -1.57. The first kappa shape index (κ1) is 38.4. The van der Waals surface area contributed by atoms with Gasteiger partial charge in [-0.15, -0.1) is 6.58 Å². The fourth-order valence-electron chi connectivity index (χ4n) is 7.50. The quantitative estimate of drug-likeness (QED) is 0.0851. The van der Waals surface area contributed by atoms with Crippen molar-refractivity contribution < 1.29 is 17.1 Å². The van der Waals surface area contributed by atoms with Crippen LogP contribution in [0.4, 0.5) is 0 Å². The molecule has 0 radical (unpaired) electrons. The predicted molar refractivity (Wildman–Crippen MR) is 209 cm³/mol. The van der Waals surface area contributed by atoms with E-state index in [1.54, 1.807) is 0 Å². The van der Waals surface area contributed by atoms with E-state index < -0.39 is 7.12 Å². The molecular weight excluding hydrogens is 663 g/mol. The average Bonchev–Trinajstić information content (AvgIpc) is 3.79. The summed E-state index contributed by atoms with van der Waals surface area (Å²) in [7, 11) is -1.57. The van der Waals surface area contributed by atoms with Gasteiger partial charge in [-0.25, -0.2) is 15.3 Å². The second-order valence-corrected chi connectivity index (χ2v) is 13.9. The molecular formula is C42H52BCuN6. The summed E-state index contributed by atoms with van der Waals surface area (Å²) in [6.45, 7) is 25.2. The predicted octanol–water partition coefficient (Wildman–Crippen LogP) is 10.1. The molecule has 0 saturated heterocycles. The first-order valence-electron chi connectivity index (χ1n) is 17.6. The fraction of sp³-hybridized carbons (Fsp3) is 0.310. The molecule has 0 unspecified atom stereocenters. The van der Waals surface area contributed by atoms with E-state index in [-0.39, 0.29) is 17.1 Å². The number of nitrogens with zero attached hydrogens (tertiary/aromatic N) is 6. The first-order valence-corrected chi connectivity index (χ1v) is 17.6. The molecule has 264 valence electrons. The van der Waals surface area contributed by atoms with E-state index in [9.17, 15) is 0 Å². The van der Waals surface area contributed by atoms with Gasteiger partial charge in [0.1, 0.15) is 0 Å². The van der Waals surface area contributed by atoms with E-state index in [0.29, 0.717) is 0 Å². The molecule has 6 aromatic rings. The van der Waals surface area contributed by atoms with Gasteiger partial charge in [-0.05, 0) is 139 Å². The molecule has 0 spiro atoms. The third-order valence-electron chi connectivity index (χ3n) is 9.35. The van der Waals surface area contributed by atoms with Crippen LogP contribution in [0.2, 0.25) is 0 Å². The number of hydrogen-bond donors (Lipinski definition) is 0. The van der Waals surface area contributed by atoms with Crippen LogP contribution in [0.1, 0.15) is 76.3 Å². The summed E-state index contributed by atoms with van der Waals surface area (Å²) in [4.78, 5) is 0. The van der Waals surface area contributed by atoms with Crippen molar-refractivity contribution in [3.05, 3.63) is 136 Å². The van der Waals surface area contributed by atoms with Crippen LogP contribution < -0.4 is 0 Å². The van der Waals surface area contributed by atoms with E-state index in [1.165, 1.54) is 86.0 Å². The van der Waals surface area contributed by atoms with Crippen LogP contribution in [0.5, 0.6) is 0 Å². The topological polar surface area (TPSA) is 53.5 Å². The Labute approximate surface area is 310 Å². The maximum absolute atomic E-state index is 5.17. The third-order valence-corrected chi connectivity index (χ3v) is 9.35. The zero-order valence-electron chi connectivity index (χ0n) is 31.5. The molecule has 0 aliphatic rings. The van der Waals surface area contributed by atoms with Crippen LogP contribution in [0.3, 0.4) is 0 Å². The smallest absolute Gasteiger partial charge is 0.402 e. The van der Waals surface area contributed by atoms with Gasteiger partial charge in [0.25, 0.3) is 0 Å². The number of allylic oxidation sites excluding steroid dienone is 1. The van der Waals surface area contributed by atoms with E-state index in [1.807, 2.05) is 19.9 Å². The van der Waals surface area contributed by atoms with Gasteiger partial charge in [-0.3, -0.25) is 0 Å². The van der Waals surface area contributed by atoms with Gasteiger partial charge in [0.15, 0.2) is 0 Å². The molecule has 0 bridgehead atoms. The summed E-state index contributed by atoms with van der Waals surface area (Å²) < 4.78 is 6.14. The van der Waals surface area contributed by atoms with Gasteiger partial charge in [0.05, 0.1) is 17.1 Å². The van der Waals surface area contributed by atoms with E-state index in [2.05, 4.69) is 149 Å². The number of aromatic nitrogens is 6. The number of rotatable bonds is 9. The van der Waals surface area contributed by atoms with Crippen molar-refractivity contribution in [2.45, 2.75) is 88.5 Å². The molecule has 8 heteroatoms. The Hall–Kier alpha value is -4.39. The summed E-state index contributed by atoms with van der Waals surface area (Å²) in [5.74, 6) is 0. The number of benzene rings is 3. The fourth-order valence-corrected chi connectivity index (χ4v) is 7.50. The van der Waals surface area contributed by atoms with Gasteiger partial charge in [0.2, 0.25) is 0 Å². The maximum atomic E-state index is 5.17. The molecule has 3 aromatic carbocycles. The van der Waals surface area contributed by atoms with Crippen molar-refractivity contribution >= 4 is 7.12 Å². The average molecular weight is 715 g/mol. The van der Waals surface area contributed by atoms with Crippen molar-refractivity contribution in [1.29, 1.82) is 0 Å². The van der Waals surface area contributed by atoms with Crippen molar-refractivity contribution in [3.8, 4) is 33.8 Å². The Morgan fingerprint density at radius 3 is 1.04 bits per heavy atom. The van der Waals surface area contributed by atoms with Gasteiger partial charge in [-0.2, -0.15) is 0 Å². The zero-order valence-corrected chi connectivity index (χ0v) is 32.5. The van der Waals surface area contributed by atoms with Crippen molar-refractivity contribution in [3.63, 3.8) is 0 Å². The van der Waals surface area contributed by atoms with Gasteiger partial charge >= 0.3 is 24.2 Å². The third kappa shape index (κ3) is 8.31. The molecule has 0 amide bonds. The minimum Gasteiger partial charge on any atom is -0.402 e. The summed E-state index contributed by atoms with van der Waals surface area (Å²) in [6.07, 6.45) is 11.9. The first-order chi connectivity index (χ1) is 23.4. The Morgan fingerprint density at radius 2 is 0.820 bits per heavy atom. The second kappa shape index (κ2) is 16.5. The molecule has 3 heterocycles. The van der Waals surface area contributed by atoms with Crippen LogP contribution >= 0.6 is 0 Å². The molecule has 0 aliphatic carbocycles. The Morgan fingerprint density at radius 1 is 0.540 bits per heavy atom. The van der Waals surface area contributed by atoms with Gasteiger partial charge in [-0.1, -0.05) is 78.9 Å². The van der Waals surface area contributed by atoms with Crippen molar-refractivity contribution in [2.75, 3.05) is 0 Å². The molecule has 6 nitrogen and oxygen atoms in total. The van der Waals surface area contributed by atoms with Crippen LogP contribution in [-0.2, 0) is 17.1 Å². The molecule has 0 N–H and O–H groups in total. The molecule has 3 aromatic heterocycles. The Kier molecular flexibility index (Phi) is 12.7. The maximum Gasteiger partial charge on any atom is 1.00 e. The van der Waals surface area contributed by atoms with Crippen LogP contribution in [0, 0.1) is 62.3 Å². The summed E-state index contributed by atoms with van der Waals surface area (Å²) in [6, 6.07) is 19.7. The summed E-state index contributed by atoms with van der Waals surface area (Å²) in [5, 5.41) is 15.5. The second-order valence-electron chi connectivity index (χ2n) is 13.9. The summed E-state index contributed by atoms with van der Waals surface area (Å²) >= 11 is 0. The van der Waals surface area contributed by atoms with Crippen LogP contribution in [-0.4, -0.2) is 36.2 Å². The summed E-state index contributed by atoms with van der Waals surface area (Å²) in [5.41, 5.74) is 17.6.